The second kappa shape index (κ2) is 3.93. The first-order valence-corrected chi connectivity index (χ1v) is 4.73. The molecular weight excluding hydrogens is 184 g/mol. The highest BCUT2D eigenvalue weighted by molar-refractivity contribution is 5.65. The molecule has 0 atom stereocenters. The molecule has 72 valence electrons. The normalized spacial score (nSPS) is 9.60. The zero-order chi connectivity index (χ0) is 10.7. The van der Waals surface area contributed by atoms with Crippen LogP contribution in [0.25, 0.3) is 11.1 Å². The summed E-state index contributed by atoms with van der Waals surface area (Å²) in [6.07, 6.45) is 1.78. The maximum Gasteiger partial charge on any atom is 0.0991 e. The highest BCUT2D eigenvalue weighted by Gasteiger charge is 1.99. The van der Waals surface area contributed by atoms with Gasteiger partial charge in [-0.3, -0.25) is 4.98 Å². The minimum atomic E-state index is 0.682. The first-order valence-electron chi connectivity index (χ1n) is 4.73. The minimum absolute atomic E-state index is 0.682. The molecule has 0 spiro atoms. The summed E-state index contributed by atoms with van der Waals surface area (Å²) in [5.41, 5.74) is 3.82. The number of pyridine rings is 1. The Kier molecular flexibility index (Phi) is 2.47. The summed E-state index contributed by atoms with van der Waals surface area (Å²) in [6, 6.07) is 13.7. The number of benzene rings is 1. The topological polar surface area (TPSA) is 36.7 Å². The summed E-state index contributed by atoms with van der Waals surface area (Å²) in [7, 11) is 0. The summed E-state index contributed by atoms with van der Waals surface area (Å²) in [5.74, 6) is 0. The van der Waals surface area contributed by atoms with Gasteiger partial charge in [-0.05, 0) is 42.3 Å². The molecule has 0 N–H and O–H groups in total. The first-order chi connectivity index (χ1) is 7.29. The Bertz CT molecular complexity index is 524. The highest BCUT2D eigenvalue weighted by Crippen LogP contribution is 2.20. The van der Waals surface area contributed by atoms with Gasteiger partial charge in [-0.25, -0.2) is 0 Å². The lowest BCUT2D eigenvalue weighted by atomic mass is 10.0. The molecule has 0 amide bonds. The molecule has 0 fully saturated rings. The predicted molar refractivity (Wildman–Crippen MR) is 59.1 cm³/mol. The molecule has 0 bridgehead atoms. The molecule has 2 aromatic rings. The SMILES string of the molecule is Cc1cc(-c2cccc(C#N)c2)ccn1. The van der Waals surface area contributed by atoms with Gasteiger partial charge >= 0.3 is 0 Å². The van der Waals surface area contributed by atoms with Crippen molar-refractivity contribution in [3.05, 3.63) is 53.9 Å². The summed E-state index contributed by atoms with van der Waals surface area (Å²) in [5, 5.41) is 8.80. The molecule has 1 aromatic carbocycles. The van der Waals surface area contributed by atoms with Crippen LogP contribution in [0.5, 0.6) is 0 Å². The van der Waals surface area contributed by atoms with Crippen LogP contribution in [-0.4, -0.2) is 4.98 Å². The minimum Gasteiger partial charge on any atom is -0.262 e. The number of hydrogen-bond acceptors (Lipinski definition) is 2. The van der Waals surface area contributed by atoms with E-state index in [0.717, 1.165) is 16.8 Å². The number of nitriles is 1. The van der Waals surface area contributed by atoms with E-state index in [2.05, 4.69) is 11.1 Å². The van der Waals surface area contributed by atoms with Crippen LogP contribution in [0.3, 0.4) is 0 Å². The van der Waals surface area contributed by atoms with Crippen LogP contribution in [-0.2, 0) is 0 Å². The van der Waals surface area contributed by atoms with Crippen LogP contribution in [0.2, 0.25) is 0 Å². The molecule has 2 rings (SSSR count). The van der Waals surface area contributed by atoms with Crippen molar-refractivity contribution in [2.24, 2.45) is 0 Å². The van der Waals surface area contributed by atoms with Crippen molar-refractivity contribution in [2.75, 3.05) is 0 Å². The number of aryl methyl sites for hydroxylation is 1. The van der Waals surface area contributed by atoms with Crippen molar-refractivity contribution in [3.63, 3.8) is 0 Å². The molecule has 1 heterocycles. The number of rotatable bonds is 1. The second-order valence-corrected chi connectivity index (χ2v) is 3.38. The van der Waals surface area contributed by atoms with E-state index in [0.29, 0.717) is 5.56 Å². The van der Waals surface area contributed by atoms with Gasteiger partial charge in [0.2, 0.25) is 0 Å². The summed E-state index contributed by atoms with van der Waals surface area (Å²) >= 11 is 0. The summed E-state index contributed by atoms with van der Waals surface area (Å²) in [4.78, 5) is 4.14. The zero-order valence-corrected chi connectivity index (χ0v) is 8.44. The van der Waals surface area contributed by atoms with Crippen molar-refractivity contribution in [3.8, 4) is 17.2 Å². The molecule has 2 heteroatoms. The van der Waals surface area contributed by atoms with E-state index in [1.54, 1.807) is 12.3 Å². The van der Waals surface area contributed by atoms with E-state index in [1.807, 2.05) is 37.3 Å². The third-order valence-electron chi connectivity index (χ3n) is 2.22. The molecule has 0 saturated carbocycles. The Labute approximate surface area is 88.8 Å². The van der Waals surface area contributed by atoms with E-state index >= 15 is 0 Å². The fraction of sp³-hybridized carbons (Fsp3) is 0.0769. The van der Waals surface area contributed by atoms with E-state index in [4.69, 9.17) is 5.26 Å². The van der Waals surface area contributed by atoms with Gasteiger partial charge in [0.1, 0.15) is 0 Å². The summed E-state index contributed by atoms with van der Waals surface area (Å²) < 4.78 is 0. The smallest absolute Gasteiger partial charge is 0.0991 e. The number of aromatic nitrogens is 1. The highest BCUT2D eigenvalue weighted by atomic mass is 14.6. The average Bonchev–Trinajstić information content (AvgIpc) is 2.29. The van der Waals surface area contributed by atoms with Gasteiger partial charge in [-0.1, -0.05) is 12.1 Å². The van der Waals surface area contributed by atoms with Crippen molar-refractivity contribution < 1.29 is 0 Å². The number of nitrogens with zero attached hydrogens (tertiary/aromatic N) is 2. The first kappa shape index (κ1) is 9.42. The standard InChI is InChI=1S/C13H10N2/c1-10-7-13(5-6-15-10)12-4-2-3-11(8-12)9-14/h2-8H,1H3. The molecule has 1 aromatic heterocycles. The molecule has 0 aliphatic rings. The maximum atomic E-state index is 8.80. The van der Waals surface area contributed by atoms with Gasteiger partial charge in [0.05, 0.1) is 11.6 Å². The van der Waals surface area contributed by atoms with E-state index < -0.39 is 0 Å². The van der Waals surface area contributed by atoms with Gasteiger partial charge in [0, 0.05) is 11.9 Å². The molecule has 0 saturated heterocycles. The van der Waals surface area contributed by atoms with Crippen molar-refractivity contribution in [1.29, 1.82) is 5.26 Å². The Hall–Kier alpha value is -2.14. The van der Waals surface area contributed by atoms with Gasteiger partial charge in [-0.15, -0.1) is 0 Å². The Morgan fingerprint density at radius 3 is 2.67 bits per heavy atom. The molecule has 0 radical (unpaired) electrons. The van der Waals surface area contributed by atoms with E-state index in [1.165, 1.54) is 0 Å². The molecule has 15 heavy (non-hydrogen) atoms. The Morgan fingerprint density at radius 2 is 1.93 bits per heavy atom. The quantitative estimate of drug-likeness (QED) is 0.699. The third kappa shape index (κ3) is 2.03. The lowest BCUT2D eigenvalue weighted by Crippen LogP contribution is -1.83. The Morgan fingerprint density at radius 1 is 1.13 bits per heavy atom. The van der Waals surface area contributed by atoms with Crippen molar-refractivity contribution in [2.45, 2.75) is 6.92 Å². The lowest BCUT2D eigenvalue weighted by Gasteiger charge is -2.02. The van der Waals surface area contributed by atoms with Gasteiger partial charge < -0.3 is 0 Å². The fourth-order valence-electron chi connectivity index (χ4n) is 1.49. The third-order valence-corrected chi connectivity index (χ3v) is 2.22. The van der Waals surface area contributed by atoms with Gasteiger partial charge in [-0.2, -0.15) is 5.26 Å². The number of hydrogen-bond donors (Lipinski definition) is 0. The Balaban J connectivity index is 2.50. The van der Waals surface area contributed by atoms with Gasteiger partial charge in [0.15, 0.2) is 0 Å². The average molecular weight is 194 g/mol. The summed E-state index contributed by atoms with van der Waals surface area (Å²) in [6.45, 7) is 1.96. The largest absolute Gasteiger partial charge is 0.262 e. The molecular formula is C13H10N2. The zero-order valence-electron chi connectivity index (χ0n) is 8.44. The van der Waals surface area contributed by atoms with Crippen LogP contribution in [0.1, 0.15) is 11.3 Å². The molecule has 2 nitrogen and oxygen atoms in total. The van der Waals surface area contributed by atoms with Crippen LogP contribution in [0.4, 0.5) is 0 Å². The monoisotopic (exact) mass is 194 g/mol. The van der Waals surface area contributed by atoms with Crippen LogP contribution >= 0.6 is 0 Å². The van der Waals surface area contributed by atoms with Crippen LogP contribution in [0, 0.1) is 18.3 Å². The van der Waals surface area contributed by atoms with Crippen LogP contribution < -0.4 is 0 Å². The predicted octanol–water partition coefficient (Wildman–Crippen LogP) is 2.93. The second-order valence-electron chi connectivity index (χ2n) is 3.38. The fourth-order valence-corrected chi connectivity index (χ4v) is 1.49. The van der Waals surface area contributed by atoms with Gasteiger partial charge in [0.25, 0.3) is 0 Å². The van der Waals surface area contributed by atoms with E-state index in [9.17, 15) is 0 Å². The molecule has 0 aliphatic heterocycles. The van der Waals surface area contributed by atoms with E-state index in [-0.39, 0.29) is 0 Å². The van der Waals surface area contributed by atoms with Crippen molar-refractivity contribution >= 4 is 0 Å². The van der Waals surface area contributed by atoms with Crippen molar-refractivity contribution in [1.82, 2.24) is 4.98 Å². The molecule has 0 unspecified atom stereocenters. The molecule has 0 aliphatic carbocycles. The maximum absolute atomic E-state index is 8.80. The van der Waals surface area contributed by atoms with Crippen LogP contribution in [0.15, 0.2) is 42.6 Å². The lowest BCUT2D eigenvalue weighted by molar-refractivity contribution is 1.20.